The molecule has 3 aromatic rings. The second-order valence-corrected chi connectivity index (χ2v) is 14.1. The van der Waals surface area contributed by atoms with Gasteiger partial charge in [0, 0.05) is 61.9 Å². The number of nitrogens with zero attached hydrogens (tertiary/aromatic N) is 3. The molecule has 0 spiro atoms. The molecule has 3 heterocycles. The number of hydrogen-bond donors (Lipinski definition) is 3. The van der Waals surface area contributed by atoms with Gasteiger partial charge in [-0.1, -0.05) is 19.9 Å². The first-order chi connectivity index (χ1) is 21.8. The van der Waals surface area contributed by atoms with Gasteiger partial charge in [0.25, 0.3) is 0 Å². The van der Waals surface area contributed by atoms with E-state index in [-0.39, 0.29) is 19.1 Å². The van der Waals surface area contributed by atoms with E-state index in [4.69, 9.17) is 9.47 Å². The maximum Gasteiger partial charge on any atom is 0.408 e. The van der Waals surface area contributed by atoms with E-state index in [1.807, 2.05) is 30.9 Å². The number of carboxylic acids is 1. The molecule has 0 unspecified atom stereocenters. The van der Waals surface area contributed by atoms with Crippen LogP contribution in [0.2, 0.25) is 0 Å². The lowest BCUT2D eigenvalue weighted by molar-refractivity contribution is -0.140. The van der Waals surface area contributed by atoms with Crippen LogP contribution < -0.4 is 5.32 Å². The fourth-order valence-corrected chi connectivity index (χ4v) is 5.94. The third-order valence-electron chi connectivity index (χ3n) is 8.30. The summed E-state index contributed by atoms with van der Waals surface area (Å²) in [7, 11) is 1.52. The van der Waals surface area contributed by atoms with Gasteiger partial charge in [0.15, 0.2) is 0 Å². The number of alkyl halides is 3. The van der Waals surface area contributed by atoms with E-state index in [9.17, 15) is 33.0 Å². The number of ether oxygens (including phenoxy) is 2. The van der Waals surface area contributed by atoms with Crippen LogP contribution in [0.1, 0.15) is 70.4 Å². The van der Waals surface area contributed by atoms with Crippen molar-refractivity contribution in [1.82, 2.24) is 19.8 Å². The highest BCUT2D eigenvalue weighted by Gasteiger charge is 2.36. The smallest absolute Gasteiger partial charge is 0.408 e. The molecular weight excluding hydrogens is 617 g/mol. The predicted octanol–water partition coefficient (Wildman–Crippen LogP) is 5.91. The predicted molar refractivity (Wildman–Crippen MR) is 171 cm³/mol. The quantitative estimate of drug-likeness (QED) is 0.219. The largest absolute Gasteiger partial charge is 0.480 e. The number of halogens is 3. The summed E-state index contributed by atoms with van der Waals surface area (Å²) in [6.45, 7) is 10.2. The Hall–Kier alpha value is -3.68. The minimum atomic E-state index is -4.51. The maximum absolute atomic E-state index is 14.2. The summed E-state index contributed by atoms with van der Waals surface area (Å²) in [6.07, 6.45) is -3.94. The first-order valence-electron chi connectivity index (χ1n) is 15.6. The number of aromatic nitrogens is 2. The Morgan fingerprint density at radius 2 is 1.81 bits per heavy atom. The van der Waals surface area contributed by atoms with Gasteiger partial charge in [-0.25, -0.2) is 9.59 Å². The van der Waals surface area contributed by atoms with Crippen molar-refractivity contribution >= 4 is 23.0 Å². The Bertz CT molecular complexity index is 1590. The second kappa shape index (κ2) is 13.8. The molecule has 1 saturated heterocycles. The highest BCUT2D eigenvalue weighted by atomic mass is 19.4. The van der Waals surface area contributed by atoms with Crippen LogP contribution in [0.3, 0.4) is 0 Å². The van der Waals surface area contributed by atoms with E-state index in [0.29, 0.717) is 52.9 Å². The van der Waals surface area contributed by atoms with Crippen molar-refractivity contribution in [3.63, 3.8) is 0 Å². The van der Waals surface area contributed by atoms with Crippen LogP contribution in [0.25, 0.3) is 22.2 Å². The summed E-state index contributed by atoms with van der Waals surface area (Å²) < 4.78 is 54.5. The molecule has 1 aliphatic heterocycles. The van der Waals surface area contributed by atoms with Gasteiger partial charge in [0.05, 0.1) is 17.5 Å². The number of rotatable bonds is 12. The third-order valence-corrected chi connectivity index (χ3v) is 8.30. The molecule has 47 heavy (non-hydrogen) atoms. The van der Waals surface area contributed by atoms with Crippen molar-refractivity contribution in [3.05, 3.63) is 53.3 Å². The summed E-state index contributed by atoms with van der Waals surface area (Å²) >= 11 is 0. The number of likely N-dealkylation sites (tertiary alicyclic amines) is 1. The molecule has 4 rings (SSSR count). The van der Waals surface area contributed by atoms with Gasteiger partial charge in [0.1, 0.15) is 18.2 Å². The summed E-state index contributed by atoms with van der Waals surface area (Å²) in [6, 6.07) is 7.70. The van der Waals surface area contributed by atoms with Crippen LogP contribution in [-0.4, -0.2) is 87.9 Å². The molecule has 0 bridgehead atoms. The van der Waals surface area contributed by atoms with Crippen molar-refractivity contribution in [3.8, 4) is 11.3 Å². The van der Waals surface area contributed by atoms with E-state index in [1.165, 1.54) is 11.7 Å². The standard InChI is InChI=1S/C34H45F3N4O6/c1-20(46-7)28-23(9-8-12-38-28)29-25(14-33(5,6)19-42)24-13-21(10-11-27(24)41(29)18-34(35,36)37)22-15-40(16-22)17-26(30(43)44)39-31(45)47-32(2,3)4/h8-13,20,22,26,42H,14-19H2,1-7H3,(H,39,45)(H,43,44)/t20-,26-/m0/s1. The number of aliphatic carboxylic acids is 1. The number of carbonyl (C=O) groups is 2. The first-order valence-corrected chi connectivity index (χ1v) is 15.6. The molecule has 1 aromatic carbocycles. The highest BCUT2D eigenvalue weighted by molar-refractivity contribution is 5.93. The molecule has 1 fully saturated rings. The van der Waals surface area contributed by atoms with E-state index < -0.39 is 47.9 Å². The second-order valence-electron chi connectivity index (χ2n) is 14.1. The summed E-state index contributed by atoms with van der Waals surface area (Å²) in [5.41, 5.74) is 1.98. The van der Waals surface area contributed by atoms with Crippen LogP contribution in [0, 0.1) is 5.41 Å². The first kappa shape index (κ1) is 36.2. The summed E-state index contributed by atoms with van der Waals surface area (Å²) in [5, 5.41) is 23.0. The number of aliphatic hydroxyl groups excluding tert-OH is 1. The molecule has 0 saturated carbocycles. The van der Waals surface area contributed by atoms with Crippen molar-refractivity contribution in [1.29, 1.82) is 0 Å². The number of methoxy groups -OCH3 is 1. The number of alkyl carbamates (subject to hydrolysis) is 1. The Balaban J connectivity index is 1.73. The molecule has 1 aliphatic rings. The number of hydrogen-bond acceptors (Lipinski definition) is 7. The number of nitrogens with one attached hydrogen (secondary N) is 1. The summed E-state index contributed by atoms with van der Waals surface area (Å²) in [5.74, 6) is -1.20. The van der Waals surface area contributed by atoms with Crippen molar-refractivity contribution in [2.45, 2.75) is 84.3 Å². The monoisotopic (exact) mass is 662 g/mol. The third kappa shape index (κ3) is 8.82. The van der Waals surface area contributed by atoms with Crippen molar-refractivity contribution in [2.24, 2.45) is 5.41 Å². The molecular formula is C34H45F3N4O6. The van der Waals surface area contributed by atoms with Crippen LogP contribution >= 0.6 is 0 Å². The minimum Gasteiger partial charge on any atom is -0.480 e. The Labute approximate surface area is 272 Å². The minimum absolute atomic E-state index is 0.00837. The maximum atomic E-state index is 14.2. The average molecular weight is 663 g/mol. The lowest BCUT2D eigenvalue weighted by Gasteiger charge is -2.41. The van der Waals surface area contributed by atoms with Gasteiger partial charge in [-0.3, -0.25) is 9.88 Å². The lowest BCUT2D eigenvalue weighted by atomic mass is 9.83. The fourth-order valence-electron chi connectivity index (χ4n) is 5.94. The number of carboxylic acid groups (broad SMARTS) is 1. The van der Waals surface area contributed by atoms with E-state index in [1.54, 1.807) is 52.1 Å². The molecule has 2 atom stereocenters. The van der Waals surface area contributed by atoms with Crippen LogP contribution in [0.15, 0.2) is 36.5 Å². The molecule has 1 amide bonds. The van der Waals surface area contributed by atoms with Crippen molar-refractivity contribution < 1.29 is 42.4 Å². The topological polar surface area (TPSA) is 126 Å². The van der Waals surface area contributed by atoms with Gasteiger partial charge in [0.2, 0.25) is 0 Å². The number of amides is 1. The normalized spacial score (nSPS) is 16.1. The highest BCUT2D eigenvalue weighted by Crippen LogP contribution is 2.43. The van der Waals surface area contributed by atoms with E-state index >= 15 is 0 Å². The number of pyridine rings is 1. The van der Waals surface area contributed by atoms with Crippen LogP contribution in [0.4, 0.5) is 18.0 Å². The zero-order chi connectivity index (χ0) is 34.9. The van der Waals surface area contributed by atoms with Gasteiger partial charge in [-0.2, -0.15) is 13.2 Å². The van der Waals surface area contributed by atoms with Crippen LogP contribution in [-0.2, 0) is 27.2 Å². The number of aliphatic hydroxyl groups is 1. The van der Waals surface area contributed by atoms with Crippen LogP contribution in [0.5, 0.6) is 0 Å². The molecule has 3 N–H and O–H groups in total. The number of carbonyl (C=O) groups excluding carboxylic acids is 1. The van der Waals surface area contributed by atoms with Gasteiger partial charge in [-0.15, -0.1) is 0 Å². The number of fused-ring (bicyclic) bond motifs is 1. The molecule has 2 aromatic heterocycles. The van der Waals surface area contributed by atoms with Crippen molar-refractivity contribution in [2.75, 3.05) is 33.4 Å². The molecule has 13 heteroatoms. The summed E-state index contributed by atoms with van der Waals surface area (Å²) in [4.78, 5) is 30.5. The average Bonchev–Trinajstić information content (AvgIpc) is 3.22. The molecule has 10 nitrogen and oxygen atoms in total. The molecule has 0 radical (unpaired) electrons. The van der Waals surface area contributed by atoms with E-state index in [2.05, 4.69) is 10.3 Å². The Kier molecular flexibility index (Phi) is 10.6. The fraction of sp³-hybridized carbons (Fsp3) is 0.559. The van der Waals surface area contributed by atoms with Gasteiger partial charge < -0.3 is 29.6 Å². The van der Waals surface area contributed by atoms with Gasteiger partial charge >= 0.3 is 18.2 Å². The Morgan fingerprint density at radius 3 is 2.38 bits per heavy atom. The van der Waals surface area contributed by atoms with E-state index in [0.717, 1.165) is 5.56 Å². The number of benzene rings is 1. The zero-order valence-corrected chi connectivity index (χ0v) is 27.9. The van der Waals surface area contributed by atoms with Gasteiger partial charge in [-0.05, 0) is 74.9 Å². The molecule has 0 aliphatic carbocycles. The Morgan fingerprint density at radius 1 is 1.13 bits per heavy atom. The SMILES string of the molecule is CO[C@@H](C)c1ncccc1-c1c(CC(C)(C)CO)c2cc(C3CN(C[C@H](NC(=O)OC(C)(C)C)C(=O)O)C3)ccc2n1CC(F)(F)F. The lowest BCUT2D eigenvalue weighted by Crippen LogP contribution is -2.55. The zero-order valence-electron chi connectivity index (χ0n) is 27.9. The molecule has 258 valence electrons.